The fraction of sp³-hybridized carbons (Fsp3) is 0.647. The summed E-state index contributed by atoms with van der Waals surface area (Å²) in [4.78, 5) is 2.31. The SMILES string of the molecule is CCCNC(Cc1ccc(C)cc1)C(C)(C)N(C)C. The zero-order valence-corrected chi connectivity index (χ0v) is 13.5. The van der Waals surface area contributed by atoms with Crippen LogP contribution in [0.25, 0.3) is 0 Å². The molecule has 0 saturated heterocycles. The molecule has 2 heteroatoms. The Hall–Kier alpha value is -0.860. The molecule has 1 rings (SSSR count). The minimum absolute atomic E-state index is 0.139. The first kappa shape index (κ1) is 16.2. The Morgan fingerprint density at radius 3 is 2.21 bits per heavy atom. The van der Waals surface area contributed by atoms with Gasteiger partial charge in [0.2, 0.25) is 0 Å². The molecule has 0 aliphatic carbocycles. The van der Waals surface area contributed by atoms with Crippen LogP contribution in [-0.2, 0) is 6.42 Å². The predicted octanol–water partition coefficient (Wildman–Crippen LogP) is 3.25. The second-order valence-electron chi connectivity index (χ2n) is 6.24. The maximum Gasteiger partial charge on any atom is 0.0303 e. The third-order valence-corrected chi connectivity index (χ3v) is 4.21. The summed E-state index contributed by atoms with van der Waals surface area (Å²) in [7, 11) is 4.32. The summed E-state index contributed by atoms with van der Waals surface area (Å²) in [5.41, 5.74) is 2.88. The molecule has 0 radical (unpaired) electrons. The molecule has 0 amide bonds. The molecular weight excluding hydrogens is 232 g/mol. The maximum atomic E-state index is 3.71. The van der Waals surface area contributed by atoms with Crippen LogP contribution in [0.15, 0.2) is 24.3 Å². The number of likely N-dealkylation sites (N-methyl/N-ethyl adjacent to an activating group) is 1. The normalized spacial score (nSPS) is 13.8. The lowest BCUT2D eigenvalue weighted by atomic mass is 9.88. The van der Waals surface area contributed by atoms with E-state index in [1.54, 1.807) is 0 Å². The molecule has 1 unspecified atom stereocenters. The van der Waals surface area contributed by atoms with Gasteiger partial charge in [-0.2, -0.15) is 0 Å². The Morgan fingerprint density at radius 2 is 1.74 bits per heavy atom. The number of benzene rings is 1. The molecule has 1 aromatic carbocycles. The zero-order chi connectivity index (χ0) is 14.5. The number of rotatable bonds is 7. The molecule has 2 nitrogen and oxygen atoms in total. The molecule has 0 bridgehead atoms. The van der Waals surface area contributed by atoms with E-state index in [1.165, 1.54) is 17.5 Å². The first-order valence-electron chi connectivity index (χ1n) is 7.34. The molecule has 0 fully saturated rings. The molecule has 0 aliphatic rings. The van der Waals surface area contributed by atoms with Gasteiger partial charge in [-0.05, 0) is 59.8 Å². The zero-order valence-electron chi connectivity index (χ0n) is 13.5. The number of nitrogens with zero attached hydrogens (tertiary/aromatic N) is 1. The van der Waals surface area contributed by atoms with Crippen molar-refractivity contribution in [3.05, 3.63) is 35.4 Å². The molecule has 0 heterocycles. The smallest absolute Gasteiger partial charge is 0.0303 e. The van der Waals surface area contributed by atoms with Gasteiger partial charge in [-0.15, -0.1) is 0 Å². The summed E-state index contributed by atoms with van der Waals surface area (Å²) in [5.74, 6) is 0. The van der Waals surface area contributed by atoms with Gasteiger partial charge >= 0.3 is 0 Å². The van der Waals surface area contributed by atoms with E-state index in [0.29, 0.717) is 6.04 Å². The van der Waals surface area contributed by atoms with Crippen LogP contribution in [0.4, 0.5) is 0 Å². The quantitative estimate of drug-likeness (QED) is 0.811. The van der Waals surface area contributed by atoms with Gasteiger partial charge in [0.05, 0.1) is 0 Å². The number of aryl methyl sites for hydroxylation is 1. The van der Waals surface area contributed by atoms with Crippen molar-refractivity contribution in [2.75, 3.05) is 20.6 Å². The van der Waals surface area contributed by atoms with E-state index in [4.69, 9.17) is 0 Å². The first-order valence-corrected chi connectivity index (χ1v) is 7.34. The van der Waals surface area contributed by atoms with Crippen molar-refractivity contribution in [1.82, 2.24) is 10.2 Å². The molecule has 1 atom stereocenters. The Labute approximate surface area is 119 Å². The summed E-state index contributed by atoms with van der Waals surface area (Å²) >= 11 is 0. The highest BCUT2D eigenvalue weighted by Crippen LogP contribution is 2.20. The molecule has 19 heavy (non-hydrogen) atoms. The molecular formula is C17H30N2. The van der Waals surface area contributed by atoms with Gasteiger partial charge < -0.3 is 10.2 Å². The minimum atomic E-state index is 0.139. The average molecular weight is 262 g/mol. The van der Waals surface area contributed by atoms with Gasteiger partial charge in [-0.1, -0.05) is 36.8 Å². The highest BCUT2D eigenvalue weighted by atomic mass is 15.2. The van der Waals surface area contributed by atoms with Crippen molar-refractivity contribution in [1.29, 1.82) is 0 Å². The molecule has 108 valence electrons. The van der Waals surface area contributed by atoms with E-state index in [0.717, 1.165) is 13.0 Å². The molecule has 1 aromatic rings. The van der Waals surface area contributed by atoms with Crippen molar-refractivity contribution in [3.8, 4) is 0 Å². The summed E-state index contributed by atoms with van der Waals surface area (Å²) in [5, 5.41) is 3.71. The van der Waals surface area contributed by atoms with Crippen LogP contribution < -0.4 is 5.32 Å². The fourth-order valence-corrected chi connectivity index (χ4v) is 2.16. The van der Waals surface area contributed by atoms with Crippen LogP contribution in [0.3, 0.4) is 0 Å². The summed E-state index contributed by atoms with van der Waals surface area (Å²) in [6, 6.07) is 9.37. The molecule has 1 N–H and O–H groups in total. The van der Waals surface area contributed by atoms with Gasteiger partial charge in [0.15, 0.2) is 0 Å². The second-order valence-corrected chi connectivity index (χ2v) is 6.24. The minimum Gasteiger partial charge on any atom is -0.312 e. The predicted molar refractivity (Wildman–Crippen MR) is 84.7 cm³/mol. The van der Waals surface area contributed by atoms with E-state index in [1.807, 2.05) is 0 Å². The number of nitrogens with one attached hydrogen (secondary N) is 1. The Bertz CT molecular complexity index is 365. The average Bonchev–Trinajstić information content (AvgIpc) is 2.36. The van der Waals surface area contributed by atoms with Crippen molar-refractivity contribution in [2.24, 2.45) is 0 Å². The van der Waals surface area contributed by atoms with Crippen molar-refractivity contribution in [2.45, 2.75) is 52.1 Å². The van der Waals surface area contributed by atoms with E-state index in [9.17, 15) is 0 Å². The molecule has 0 aliphatic heterocycles. The third-order valence-electron chi connectivity index (χ3n) is 4.21. The summed E-state index contributed by atoms with van der Waals surface area (Å²) in [6.07, 6.45) is 2.25. The van der Waals surface area contributed by atoms with Crippen LogP contribution in [0.2, 0.25) is 0 Å². The van der Waals surface area contributed by atoms with Gasteiger partial charge in [-0.25, -0.2) is 0 Å². The molecule has 0 saturated carbocycles. The van der Waals surface area contributed by atoms with Crippen molar-refractivity contribution < 1.29 is 0 Å². The summed E-state index contributed by atoms with van der Waals surface area (Å²) in [6.45, 7) is 10.1. The fourth-order valence-electron chi connectivity index (χ4n) is 2.16. The Morgan fingerprint density at radius 1 is 1.16 bits per heavy atom. The van der Waals surface area contributed by atoms with Crippen LogP contribution in [0.1, 0.15) is 38.3 Å². The lowest BCUT2D eigenvalue weighted by Gasteiger charge is -2.41. The van der Waals surface area contributed by atoms with Crippen LogP contribution in [0, 0.1) is 6.92 Å². The van der Waals surface area contributed by atoms with Crippen LogP contribution in [-0.4, -0.2) is 37.1 Å². The van der Waals surface area contributed by atoms with E-state index < -0.39 is 0 Å². The highest BCUT2D eigenvalue weighted by Gasteiger charge is 2.31. The van der Waals surface area contributed by atoms with Gasteiger partial charge in [-0.3, -0.25) is 0 Å². The van der Waals surface area contributed by atoms with Crippen molar-refractivity contribution in [3.63, 3.8) is 0 Å². The standard InChI is InChI=1S/C17H30N2/c1-7-12-18-16(17(3,4)19(5)6)13-15-10-8-14(2)9-11-15/h8-11,16,18H,7,12-13H2,1-6H3. The van der Waals surface area contributed by atoms with Gasteiger partial charge in [0.1, 0.15) is 0 Å². The summed E-state index contributed by atoms with van der Waals surface area (Å²) < 4.78 is 0. The third kappa shape index (κ3) is 4.63. The van der Waals surface area contributed by atoms with Crippen LogP contribution in [0.5, 0.6) is 0 Å². The number of hydrogen-bond acceptors (Lipinski definition) is 2. The highest BCUT2D eigenvalue weighted by molar-refractivity contribution is 5.22. The van der Waals surface area contributed by atoms with E-state index in [2.05, 4.69) is 76.3 Å². The van der Waals surface area contributed by atoms with Gasteiger partial charge in [0.25, 0.3) is 0 Å². The Kier molecular flexibility index (Phi) is 6.02. The largest absolute Gasteiger partial charge is 0.312 e. The maximum absolute atomic E-state index is 3.71. The van der Waals surface area contributed by atoms with Crippen LogP contribution >= 0.6 is 0 Å². The first-order chi connectivity index (χ1) is 8.87. The van der Waals surface area contributed by atoms with E-state index in [-0.39, 0.29) is 5.54 Å². The van der Waals surface area contributed by atoms with Crippen molar-refractivity contribution >= 4 is 0 Å². The molecule has 0 spiro atoms. The number of hydrogen-bond donors (Lipinski definition) is 1. The monoisotopic (exact) mass is 262 g/mol. The lowest BCUT2D eigenvalue weighted by Crippen LogP contribution is -2.56. The lowest BCUT2D eigenvalue weighted by molar-refractivity contribution is 0.137. The molecule has 0 aromatic heterocycles. The topological polar surface area (TPSA) is 15.3 Å². The second kappa shape index (κ2) is 7.06. The van der Waals surface area contributed by atoms with E-state index >= 15 is 0 Å². The Balaban J connectivity index is 2.82. The van der Waals surface area contributed by atoms with Gasteiger partial charge in [0, 0.05) is 11.6 Å².